The molecule has 0 aliphatic heterocycles. The Labute approximate surface area is 104 Å². The highest BCUT2D eigenvalue weighted by Crippen LogP contribution is 2.37. The molecule has 2 aromatic heterocycles. The van der Waals surface area contributed by atoms with Gasteiger partial charge < -0.3 is 10.1 Å². The summed E-state index contributed by atoms with van der Waals surface area (Å²) < 4.78 is 0. The summed E-state index contributed by atoms with van der Waals surface area (Å²) >= 11 is 0. The Hall–Kier alpha value is -1.91. The summed E-state index contributed by atoms with van der Waals surface area (Å²) in [5.74, 6) is 0.188. The Balaban J connectivity index is 1.89. The second kappa shape index (κ2) is 4.08. The zero-order valence-electron chi connectivity index (χ0n) is 10.2. The number of rotatable bonds is 2. The molecule has 1 saturated carbocycles. The molecule has 0 spiro atoms. The molecule has 1 aliphatic rings. The van der Waals surface area contributed by atoms with Crippen LogP contribution in [-0.4, -0.2) is 26.0 Å². The number of carboxylic acids is 1. The molecule has 5 heteroatoms. The summed E-state index contributed by atoms with van der Waals surface area (Å²) in [5.41, 5.74) is 2.74. The van der Waals surface area contributed by atoms with Crippen molar-refractivity contribution >= 4 is 17.1 Å². The van der Waals surface area contributed by atoms with Crippen molar-refractivity contribution in [2.75, 3.05) is 0 Å². The zero-order valence-corrected chi connectivity index (χ0v) is 10.2. The standard InChI is InChI=1S/C13H15N3O2/c1-7-4-10-12(14-6-7)16-11(15-10)8-2-3-9(5-8)13(17)18/h4,6,8-9H,2-3,5H2,1H3,(H,17,18)(H,14,15,16). The van der Waals surface area contributed by atoms with Crippen molar-refractivity contribution in [3.05, 3.63) is 23.7 Å². The van der Waals surface area contributed by atoms with Gasteiger partial charge in [0, 0.05) is 12.1 Å². The van der Waals surface area contributed by atoms with Gasteiger partial charge in [-0.3, -0.25) is 4.79 Å². The molecular formula is C13H15N3O2. The first-order chi connectivity index (χ1) is 8.63. The predicted molar refractivity (Wildman–Crippen MR) is 66.3 cm³/mol. The Morgan fingerprint density at radius 3 is 3.06 bits per heavy atom. The molecule has 2 unspecified atom stereocenters. The van der Waals surface area contributed by atoms with Gasteiger partial charge in [-0.1, -0.05) is 0 Å². The van der Waals surface area contributed by atoms with E-state index in [1.54, 1.807) is 6.20 Å². The van der Waals surface area contributed by atoms with Crippen LogP contribution in [-0.2, 0) is 4.79 Å². The van der Waals surface area contributed by atoms with Crippen molar-refractivity contribution in [1.82, 2.24) is 15.0 Å². The average molecular weight is 245 g/mol. The molecule has 0 bridgehead atoms. The van der Waals surface area contributed by atoms with Crippen LogP contribution in [0.1, 0.15) is 36.6 Å². The molecule has 2 aromatic rings. The van der Waals surface area contributed by atoms with Gasteiger partial charge in [0.25, 0.3) is 0 Å². The number of pyridine rings is 1. The molecule has 0 amide bonds. The van der Waals surface area contributed by atoms with Crippen LogP contribution in [0.2, 0.25) is 0 Å². The van der Waals surface area contributed by atoms with E-state index in [1.165, 1.54) is 0 Å². The van der Waals surface area contributed by atoms with E-state index in [4.69, 9.17) is 5.11 Å². The Bertz CT molecular complexity index is 605. The maximum atomic E-state index is 11.0. The van der Waals surface area contributed by atoms with Gasteiger partial charge in [-0.05, 0) is 37.8 Å². The fourth-order valence-corrected chi connectivity index (χ4v) is 2.67. The Morgan fingerprint density at radius 1 is 1.50 bits per heavy atom. The minimum atomic E-state index is -0.692. The van der Waals surface area contributed by atoms with Crippen LogP contribution in [0.5, 0.6) is 0 Å². The number of aromatic nitrogens is 3. The smallest absolute Gasteiger partial charge is 0.306 e. The van der Waals surface area contributed by atoms with E-state index in [0.29, 0.717) is 6.42 Å². The minimum absolute atomic E-state index is 0.223. The lowest BCUT2D eigenvalue weighted by atomic mass is 10.0. The summed E-state index contributed by atoms with van der Waals surface area (Å²) in [6.07, 6.45) is 4.09. The van der Waals surface area contributed by atoms with Crippen LogP contribution < -0.4 is 0 Å². The maximum Gasteiger partial charge on any atom is 0.306 e. The van der Waals surface area contributed by atoms with Crippen molar-refractivity contribution in [3.8, 4) is 0 Å². The molecule has 3 rings (SSSR count). The molecule has 2 atom stereocenters. The number of carboxylic acid groups (broad SMARTS) is 1. The van der Waals surface area contributed by atoms with Gasteiger partial charge in [-0.2, -0.15) is 0 Å². The third-order valence-electron chi connectivity index (χ3n) is 3.66. The Kier molecular flexibility index (Phi) is 2.54. The second-order valence-electron chi connectivity index (χ2n) is 5.05. The third-order valence-corrected chi connectivity index (χ3v) is 3.66. The summed E-state index contributed by atoms with van der Waals surface area (Å²) in [7, 11) is 0. The van der Waals surface area contributed by atoms with E-state index >= 15 is 0 Å². The predicted octanol–water partition coefficient (Wildman–Crippen LogP) is 2.23. The first-order valence-corrected chi connectivity index (χ1v) is 6.18. The maximum absolute atomic E-state index is 11.0. The molecule has 2 heterocycles. The number of aromatic amines is 1. The van der Waals surface area contributed by atoms with E-state index in [9.17, 15) is 4.79 Å². The summed E-state index contributed by atoms with van der Waals surface area (Å²) in [4.78, 5) is 23.0. The van der Waals surface area contributed by atoms with Crippen LogP contribution in [0.3, 0.4) is 0 Å². The van der Waals surface area contributed by atoms with Crippen LogP contribution in [0.15, 0.2) is 12.3 Å². The second-order valence-corrected chi connectivity index (χ2v) is 5.05. The first-order valence-electron chi connectivity index (χ1n) is 6.18. The summed E-state index contributed by atoms with van der Waals surface area (Å²) in [5, 5.41) is 9.01. The number of carbonyl (C=O) groups is 1. The molecule has 5 nitrogen and oxygen atoms in total. The van der Waals surface area contributed by atoms with Gasteiger partial charge in [0.05, 0.1) is 11.4 Å². The number of H-pyrrole nitrogens is 1. The zero-order chi connectivity index (χ0) is 12.7. The lowest BCUT2D eigenvalue weighted by Crippen LogP contribution is -2.09. The lowest BCUT2D eigenvalue weighted by Gasteiger charge is -2.04. The summed E-state index contributed by atoms with van der Waals surface area (Å²) in [6, 6.07) is 2.02. The molecule has 1 fully saturated rings. The lowest BCUT2D eigenvalue weighted by molar-refractivity contribution is -0.141. The van der Waals surface area contributed by atoms with E-state index in [2.05, 4.69) is 15.0 Å². The van der Waals surface area contributed by atoms with Crippen molar-refractivity contribution in [3.63, 3.8) is 0 Å². The fourth-order valence-electron chi connectivity index (χ4n) is 2.67. The molecule has 1 aliphatic carbocycles. The first kappa shape index (κ1) is 11.2. The highest BCUT2D eigenvalue weighted by Gasteiger charge is 2.32. The van der Waals surface area contributed by atoms with Gasteiger partial charge in [0.1, 0.15) is 5.82 Å². The average Bonchev–Trinajstić information content (AvgIpc) is 2.93. The van der Waals surface area contributed by atoms with Gasteiger partial charge in [0.2, 0.25) is 0 Å². The van der Waals surface area contributed by atoms with Gasteiger partial charge in [-0.25, -0.2) is 9.97 Å². The van der Waals surface area contributed by atoms with Crippen molar-refractivity contribution < 1.29 is 9.90 Å². The van der Waals surface area contributed by atoms with Crippen molar-refractivity contribution in [2.45, 2.75) is 32.1 Å². The molecule has 0 aromatic carbocycles. The van der Waals surface area contributed by atoms with Crippen molar-refractivity contribution in [1.29, 1.82) is 0 Å². The van der Waals surface area contributed by atoms with Gasteiger partial charge in [-0.15, -0.1) is 0 Å². The number of imidazole rings is 1. The van der Waals surface area contributed by atoms with E-state index < -0.39 is 5.97 Å². The number of hydrogen-bond donors (Lipinski definition) is 2. The topological polar surface area (TPSA) is 78.9 Å². The highest BCUT2D eigenvalue weighted by atomic mass is 16.4. The van der Waals surface area contributed by atoms with Crippen molar-refractivity contribution in [2.24, 2.45) is 5.92 Å². The number of aryl methyl sites for hydroxylation is 1. The SMILES string of the molecule is Cc1cnc2nc(C3CCC(C(=O)O)C3)[nH]c2c1. The van der Waals surface area contributed by atoms with Crippen LogP contribution in [0, 0.1) is 12.8 Å². The monoisotopic (exact) mass is 245 g/mol. The largest absolute Gasteiger partial charge is 0.481 e. The quantitative estimate of drug-likeness (QED) is 0.850. The number of fused-ring (bicyclic) bond motifs is 1. The third kappa shape index (κ3) is 1.85. The van der Waals surface area contributed by atoms with Crippen LogP contribution in [0.4, 0.5) is 0 Å². The number of hydrogen-bond acceptors (Lipinski definition) is 3. The minimum Gasteiger partial charge on any atom is -0.481 e. The fraction of sp³-hybridized carbons (Fsp3) is 0.462. The molecule has 0 radical (unpaired) electrons. The number of nitrogens with zero attached hydrogens (tertiary/aromatic N) is 2. The number of nitrogens with one attached hydrogen (secondary N) is 1. The summed E-state index contributed by atoms with van der Waals surface area (Å²) in [6.45, 7) is 1.99. The number of aliphatic carboxylic acids is 1. The Morgan fingerprint density at radius 2 is 2.33 bits per heavy atom. The highest BCUT2D eigenvalue weighted by molar-refractivity contribution is 5.72. The van der Waals surface area contributed by atoms with E-state index in [1.807, 2.05) is 13.0 Å². The van der Waals surface area contributed by atoms with E-state index in [-0.39, 0.29) is 11.8 Å². The molecule has 18 heavy (non-hydrogen) atoms. The molecule has 0 saturated heterocycles. The molecule has 2 N–H and O–H groups in total. The van der Waals surface area contributed by atoms with Gasteiger partial charge >= 0.3 is 5.97 Å². The van der Waals surface area contributed by atoms with E-state index in [0.717, 1.165) is 35.4 Å². The molecule has 94 valence electrons. The van der Waals surface area contributed by atoms with Gasteiger partial charge in [0.15, 0.2) is 5.65 Å². The normalized spacial score (nSPS) is 23.6. The van der Waals surface area contributed by atoms with Crippen LogP contribution in [0.25, 0.3) is 11.2 Å². The molecular weight excluding hydrogens is 230 g/mol. The van der Waals surface area contributed by atoms with Crippen LogP contribution >= 0.6 is 0 Å².